The molecule has 0 aliphatic heterocycles. The van der Waals surface area contributed by atoms with Crippen LogP contribution in [0.25, 0.3) is 10.6 Å². The van der Waals surface area contributed by atoms with Crippen molar-refractivity contribution in [3.05, 3.63) is 39.3 Å². The Morgan fingerprint density at radius 3 is 2.63 bits per heavy atom. The molecular weight excluding hydrogens is 326 g/mol. The first-order chi connectivity index (χ1) is 9.15. The molecule has 0 unspecified atom stereocenters. The van der Waals surface area contributed by atoms with Gasteiger partial charge in [-0.25, -0.2) is 9.78 Å². The Morgan fingerprint density at radius 2 is 2.05 bits per heavy atom. The summed E-state index contributed by atoms with van der Waals surface area (Å²) >= 11 is 4.80. The van der Waals surface area contributed by atoms with Crippen LogP contribution in [0.1, 0.15) is 28.7 Å². The van der Waals surface area contributed by atoms with E-state index < -0.39 is 0 Å². The molecule has 100 valence electrons. The number of hydrogen-bond donors (Lipinski definition) is 0. The van der Waals surface area contributed by atoms with E-state index in [2.05, 4.69) is 27.8 Å². The molecule has 0 aliphatic rings. The van der Waals surface area contributed by atoms with Crippen molar-refractivity contribution >= 4 is 33.2 Å². The lowest BCUT2D eigenvalue weighted by atomic mass is 10.2. The van der Waals surface area contributed by atoms with Gasteiger partial charge in [0.15, 0.2) is 0 Å². The van der Waals surface area contributed by atoms with Gasteiger partial charge in [0, 0.05) is 10.0 Å². The van der Waals surface area contributed by atoms with Crippen molar-refractivity contribution in [3.8, 4) is 10.6 Å². The molecule has 0 atom stereocenters. The second-order valence-corrected chi connectivity index (χ2v) is 5.96. The molecule has 5 heteroatoms. The van der Waals surface area contributed by atoms with Crippen LogP contribution in [0.5, 0.6) is 0 Å². The summed E-state index contributed by atoms with van der Waals surface area (Å²) in [7, 11) is 1.40. The van der Waals surface area contributed by atoms with Crippen molar-refractivity contribution in [2.24, 2.45) is 0 Å². The number of thiazole rings is 1. The van der Waals surface area contributed by atoms with Crippen LogP contribution in [0.4, 0.5) is 0 Å². The molecule has 19 heavy (non-hydrogen) atoms. The van der Waals surface area contributed by atoms with Crippen molar-refractivity contribution in [2.45, 2.75) is 19.8 Å². The fourth-order valence-corrected chi connectivity index (χ4v) is 3.03. The summed E-state index contributed by atoms with van der Waals surface area (Å²) in [6, 6.07) is 7.90. The predicted molar refractivity (Wildman–Crippen MR) is 80.6 cm³/mol. The topological polar surface area (TPSA) is 39.2 Å². The molecule has 1 aromatic heterocycles. The average Bonchev–Trinajstić information content (AvgIpc) is 2.83. The monoisotopic (exact) mass is 339 g/mol. The van der Waals surface area contributed by atoms with E-state index >= 15 is 0 Å². The molecule has 2 rings (SSSR count). The maximum Gasteiger partial charge on any atom is 0.349 e. The summed E-state index contributed by atoms with van der Waals surface area (Å²) in [5.41, 5.74) is 1.85. The second-order valence-electron chi connectivity index (χ2n) is 4.04. The smallest absolute Gasteiger partial charge is 0.349 e. The number of carbonyl (C=O) groups excluding carboxylic acids is 1. The summed E-state index contributed by atoms with van der Waals surface area (Å²) in [5, 5.41) is 0.858. The first kappa shape index (κ1) is 14.2. The van der Waals surface area contributed by atoms with Crippen molar-refractivity contribution < 1.29 is 9.53 Å². The molecule has 0 spiro atoms. The van der Waals surface area contributed by atoms with Crippen LogP contribution in [0, 0.1) is 0 Å². The minimum Gasteiger partial charge on any atom is -0.465 e. The fraction of sp³-hybridized carbons (Fsp3) is 0.286. The van der Waals surface area contributed by atoms with Crippen molar-refractivity contribution in [2.75, 3.05) is 7.11 Å². The van der Waals surface area contributed by atoms with Gasteiger partial charge in [-0.1, -0.05) is 41.4 Å². The van der Waals surface area contributed by atoms with Gasteiger partial charge in [0.2, 0.25) is 0 Å². The molecule has 0 bridgehead atoms. The van der Waals surface area contributed by atoms with Crippen LogP contribution in [0.3, 0.4) is 0 Å². The minimum absolute atomic E-state index is 0.302. The largest absolute Gasteiger partial charge is 0.465 e. The van der Waals surface area contributed by atoms with Crippen LogP contribution in [0.2, 0.25) is 0 Å². The highest BCUT2D eigenvalue weighted by molar-refractivity contribution is 9.10. The summed E-state index contributed by atoms with van der Waals surface area (Å²) < 4.78 is 5.84. The molecule has 0 saturated carbocycles. The van der Waals surface area contributed by atoms with E-state index in [0.717, 1.165) is 33.6 Å². The number of esters is 1. The molecule has 2 aromatic rings. The number of methoxy groups -OCH3 is 1. The Bertz CT molecular complexity index is 578. The fourth-order valence-electron chi connectivity index (χ4n) is 1.73. The maximum atomic E-state index is 11.7. The first-order valence-corrected chi connectivity index (χ1v) is 7.60. The Morgan fingerprint density at radius 1 is 1.37 bits per heavy atom. The highest BCUT2D eigenvalue weighted by Crippen LogP contribution is 2.30. The summed E-state index contributed by atoms with van der Waals surface area (Å²) in [6.07, 6.45) is 1.74. The van der Waals surface area contributed by atoms with E-state index in [0.29, 0.717) is 4.88 Å². The Kier molecular flexibility index (Phi) is 4.71. The van der Waals surface area contributed by atoms with Crippen molar-refractivity contribution in [1.29, 1.82) is 0 Å². The van der Waals surface area contributed by atoms with Gasteiger partial charge in [-0.15, -0.1) is 11.3 Å². The molecule has 3 nitrogen and oxygen atoms in total. The van der Waals surface area contributed by atoms with E-state index in [9.17, 15) is 4.79 Å². The van der Waals surface area contributed by atoms with E-state index in [-0.39, 0.29) is 5.97 Å². The van der Waals surface area contributed by atoms with Crippen molar-refractivity contribution in [1.82, 2.24) is 4.98 Å². The molecule has 0 saturated heterocycles. The number of hydrogen-bond acceptors (Lipinski definition) is 4. The number of aryl methyl sites for hydroxylation is 1. The summed E-state index contributed by atoms with van der Waals surface area (Å²) in [6.45, 7) is 2.07. The predicted octanol–water partition coefficient (Wildman–Crippen LogP) is 4.31. The summed E-state index contributed by atoms with van der Waals surface area (Å²) in [4.78, 5) is 16.9. The molecular formula is C14H14BrNO2S. The van der Waals surface area contributed by atoms with Gasteiger partial charge >= 0.3 is 5.97 Å². The van der Waals surface area contributed by atoms with E-state index in [1.54, 1.807) is 0 Å². The average molecular weight is 340 g/mol. The molecule has 0 N–H and O–H groups in total. The third-order valence-corrected chi connectivity index (χ3v) is 4.30. The number of benzene rings is 1. The Balaban J connectivity index is 2.41. The van der Waals surface area contributed by atoms with Gasteiger partial charge < -0.3 is 4.74 Å². The van der Waals surface area contributed by atoms with Gasteiger partial charge in [-0.3, -0.25) is 0 Å². The van der Waals surface area contributed by atoms with Gasteiger partial charge in [0.1, 0.15) is 9.88 Å². The molecule has 1 aromatic carbocycles. The van der Waals surface area contributed by atoms with Crippen molar-refractivity contribution in [3.63, 3.8) is 0 Å². The Hall–Kier alpha value is -1.20. The molecule has 0 fully saturated rings. The van der Waals surface area contributed by atoms with E-state index in [1.165, 1.54) is 18.4 Å². The zero-order valence-corrected chi connectivity index (χ0v) is 13.2. The third-order valence-electron chi connectivity index (χ3n) is 2.65. The lowest BCUT2D eigenvalue weighted by Gasteiger charge is -1.97. The number of rotatable bonds is 4. The van der Waals surface area contributed by atoms with E-state index in [1.807, 2.05) is 24.3 Å². The molecule has 1 heterocycles. The number of carbonyl (C=O) groups is 1. The number of nitrogens with zero attached hydrogens (tertiary/aromatic N) is 1. The zero-order chi connectivity index (χ0) is 13.8. The normalized spacial score (nSPS) is 10.5. The number of ether oxygens (including phenoxy) is 1. The van der Waals surface area contributed by atoms with Gasteiger partial charge in [0.05, 0.1) is 12.8 Å². The quantitative estimate of drug-likeness (QED) is 0.779. The highest BCUT2D eigenvalue weighted by Gasteiger charge is 2.18. The molecule has 0 amide bonds. The Labute approximate surface area is 124 Å². The third kappa shape index (κ3) is 3.22. The highest BCUT2D eigenvalue weighted by atomic mass is 79.9. The first-order valence-electron chi connectivity index (χ1n) is 5.99. The van der Waals surface area contributed by atoms with Crippen LogP contribution >= 0.6 is 27.3 Å². The maximum absolute atomic E-state index is 11.7. The molecule has 0 aliphatic carbocycles. The van der Waals surface area contributed by atoms with Crippen LogP contribution in [-0.2, 0) is 11.2 Å². The number of aromatic nitrogens is 1. The SMILES string of the molecule is CCCc1nc(-c2ccc(Br)cc2)sc1C(=O)OC. The standard InChI is InChI=1S/C14H14BrNO2S/c1-3-4-11-12(14(17)18-2)19-13(16-11)9-5-7-10(15)8-6-9/h5-8H,3-4H2,1-2H3. The van der Waals surface area contributed by atoms with Gasteiger partial charge in [-0.05, 0) is 18.6 Å². The second kappa shape index (κ2) is 6.30. The molecule has 0 radical (unpaired) electrons. The van der Waals surface area contributed by atoms with E-state index in [4.69, 9.17) is 4.74 Å². The summed E-state index contributed by atoms with van der Waals surface area (Å²) in [5.74, 6) is -0.302. The zero-order valence-electron chi connectivity index (χ0n) is 10.8. The minimum atomic E-state index is -0.302. The number of halogens is 1. The van der Waals surface area contributed by atoms with Crippen LogP contribution < -0.4 is 0 Å². The van der Waals surface area contributed by atoms with Crippen LogP contribution in [-0.4, -0.2) is 18.1 Å². The lowest BCUT2D eigenvalue weighted by molar-refractivity contribution is 0.0605. The van der Waals surface area contributed by atoms with Crippen LogP contribution in [0.15, 0.2) is 28.7 Å². The lowest BCUT2D eigenvalue weighted by Crippen LogP contribution is -2.02. The van der Waals surface area contributed by atoms with Gasteiger partial charge in [0.25, 0.3) is 0 Å². The van der Waals surface area contributed by atoms with Gasteiger partial charge in [-0.2, -0.15) is 0 Å².